The van der Waals surface area contributed by atoms with E-state index in [4.69, 9.17) is 11.6 Å². The molecule has 0 heterocycles. The molecule has 1 saturated carbocycles. The van der Waals surface area contributed by atoms with Gasteiger partial charge in [0.2, 0.25) is 0 Å². The topological polar surface area (TPSA) is 20.2 Å². The van der Waals surface area contributed by atoms with Gasteiger partial charge in [-0.3, -0.25) is 0 Å². The largest absolute Gasteiger partial charge is 0.385 e. The zero-order chi connectivity index (χ0) is 15.0. The predicted molar refractivity (Wildman–Crippen MR) is 84.1 cm³/mol. The monoisotopic (exact) mass is 292 g/mol. The molecule has 0 spiro atoms. The van der Waals surface area contributed by atoms with Gasteiger partial charge in [0.05, 0.1) is 5.60 Å². The first kappa shape index (κ1) is 14.4. The molecule has 1 fully saturated rings. The fourth-order valence-electron chi connectivity index (χ4n) is 5.46. The lowest BCUT2D eigenvalue weighted by Crippen LogP contribution is -2.57. The Labute approximate surface area is 127 Å². The molecule has 0 amide bonds. The lowest BCUT2D eigenvalue weighted by molar-refractivity contribution is -0.140. The number of fused-ring (bicyclic) bond motifs is 4. The van der Waals surface area contributed by atoms with Gasteiger partial charge in [-0.25, -0.2) is 0 Å². The van der Waals surface area contributed by atoms with E-state index < -0.39 is 5.60 Å². The van der Waals surface area contributed by atoms with Gasteiger partial charge in [-0.15, -0.1) is 0 Å². The van der Waals surface area contributed by atoms with Gasteiger partial charge in [-0.1, -0.05) is 45.4 Å². The smallest absolute Gasteiger partial charge is 0.0925 e. The van der Waals surface area contributed by atoms with Crippen molar-refractivity contribution in [3.63, 3.8) is 0 Å². The van der Waals surface area contributed by atoms with E-state index in [2.05, 4.69) is 33.8 Å². The van der Waals surface area contributed by atoms with Crippen molar-refractivity contribution in [3.8, 4) is 0 Å². The minimum Gasteiger partial charge on any atom is -0.385 e. The third-order valence-corrected chi connectivity index (χ3v) is 6.08. The predicted octanol–water partition coefficient (Wildman–Crippen LogP) is 5.04. The third-order valence-electron chi connectivity index (χ3n) is 5.85. The highest BCUT2D eigenvalue weighted by atomic mass is 35.5. The van der Waals surface area contributed by atoms with Crippen LogP contribution in [0.3, 0.4) is 0 Å². The van der Waals surface area contributed by atoms with Crippen LogP contribution in [0.1, 0.15) is 65.0 Å². The van der Waals surface area contributed by atoms with E-state index in [1.54, 1.807) is 0 Å². The number of hydrogen-bond donors (Lipinski definition) is 1. The van der Waals surface area contributed by atoms with Crippen molar-refractivity contribution in [2.45, 2.75) is 64.9 Å². The second kappa shape index (κ2) is 3.81. The van der Waals surface area contributed by atoms with Crippen LogP contribution in [0, 0.1) is 10.8 Å². The molecule has 1 aromatic carbocycles. The highest BCUT2D eigenvalue weighted by molar-refractivity contribution is 6.30. The molecule has 2 aliphatic carbocycles. The normalized spacial score (nSPS) is 42.1. The molecule has 3 atom stereocenters. The van der Waals surface area contributed by atoms with Gasteiger partial charge in [-0.2, -0.15) is 0 Å². The fraction of sp³-hybridized carbons (Fsp3) is 0.667. The summed E-state index contributed by atoms with van der Waals surface area (Å²) in [6, 6.07) is 6.02. The number of benzene rings is 1. The molecule has 110 valence electrons. The number of halogens is 1. The lowest BCUT2D eigenvalue weighted by atomic mass is 9.44. The molecular formula is C18H25ClO. The first-order chi connectivity index (χ1) is 8.99. The quantitative estimate of drug-likeness (QED) is 0.710. The summed E-state index contributed by atoms with van der Waals surface area (Å²) in [5, 5.41) is 12.1. The molecule has 2 heteroatoms. The molecule has 20 heavy (non-hydrogen) atoms. The SMILES string of the molecule is CC1(C)C[C@]2(C)C[C@](C)(C1)[C@](C)(O)c1ccc(Cl)cc12. The summed E-state index contributed by atoms with van der Waals surface area (Å²) in [5.41, 5.74) is 1.81. The second-order valence-electron chi connectivity index (χ2n) is 8.58. The zero-order valence-electron chi connectivity index (χ0n) is 13.2. The van der Waals surface area contributed by atoms with Crippen LogP contribution in [0.15, 0.2) is 18.2 Å². The van der Waals surface area contributed by atoms with Gasteiger partial charge >= 0.3 is 0 Å². The molecule has 0 aliphatic heterocycles. The van der Waals surface area contributed by atoms with Crippen molar-refractivity contribution < 1.29 is 5.11 Å². The molecule has 1 aromatic rings. The van der Waals surface area contributed by atoms with Crippen LogP contribution in [-0.4, -0.2) is 5.11 Å². The van der Waals surface area contributed by atoms with Crippen molar-refractivity contribution in [1.82, 2.24) is 0 Å². The summed E-state index contributed by atoms with van der Waals surface area (Å²) in [6.45, 7) is 11.2. The van der Waals surface area contributed by atoms with E-state index in [-0.39, 0.29) is 16.2 Å². The van der Waals surface area contributed by atoms with Crippen LogP contribution < -0.4 is 0 Å². The van der Waals surface area contributed by atoms with E-state index in [1.165, 1.54) is 5.56 Å². The summed E-state index contributed by atoms with van der Waals surface area (Å²) in [4.78, 5) is 0. The molecule has 1 nitrogen and oxygen atoms in total. The van der Waals surface area contributed by atoms with Crippen LogP contribution in [-0.2, 0) is 11.0 Å². The molecule has 0 aromatic heterocycles. The van der Waals surface area contributed by atoms with E-state index >= 15 is 0 Å². The molecule has 2 aliphatic rings. The minimum atomic E-state index is -0.788. The van der Waals surface area contributed by atoms with E-state index in [0.717, 1.165) is 29.8 Å². The molecule has 2 bridgehead atoms. The van der Waals surface area contributed by atoms with Crippen LogP contribution in [0.4, 0.5) is 0 Å². The molecule has 0 radical (unpaired) electrons. The van der Waals surface area contributed by atoms with Gasteiger partial charge in [0.25, 0.3) is 0 Å². The van der Waals surface area contributed by atoms with Crippen molar-refractivity contribution >= 4 is 11.6 Å². The van der Waals surface area contributed by atoms with Gasteiger partial charge in [-0.05, 0) is 60.3 Å². The summed E-state index contributed by atoms with van der Waals surface area (Å²) < 4.78 is 0. The molecule has 3 rings (SSSR count). The molecule has 0 unspecified atom stereocenters. The third kappa shape index (κ3) is 1.79. The Morgan fingerprint density at radius 1 is 0.950 bits per heavy atom. The van der Waals surface area contributed by atoms with Crippen molar-refractivity contribution in [2.75, 3.05) is 0 Å². The fourth-order valence-corrected chi connectivity index (χ4v) is 5.63. The van der Waals surface area contributed by atoms with Crippen molar-refractivity contribution in [3.05, 3.63) is 34.3 Å². The maximum atomic E-state index is 11.3. The zero-order valence-corrected chi connectivity index (χ0v) is 13.9. The van der Waals surface area contributed by atoms with E-state index in [9.17, 15) is 5.11 Å². The van der Waals surface area contributed by atoms with E-state index in [1.807, 2.05) is 19.1 Å². The summed E-state index contributed by atoms with van der Waals surface area (Å²) in [7, 11) is 0. The Balaban J connectivity index is 2.30. The van der Waals surface area contributed by atoms with Gasteiger partial charge < -0.3 is 5.11 Å². The first-order valence-corrected chi connectivity index (χ1v) is 7.90. The number of hydrogen-bond acceptors (Lipinski definition) is 1. The van der Waals surface area contributed by atoms with Gasteiger partial charge in [0.15, 0.2) is 0 Å². The number of aliphatic hydroxyl groups is 1. The maximum Gasteiger partial charge on any atom is 0.0925 e. The minimum absolute atomic E-state index is 0.0790. The van der Waals surface area contributed by atoms with Gasteiger partial charge in [0, 0.05) is 10.4 Å². The van der Waals surface area contributed by atoms with Crippen molar-refractivity contribution in [2.24, 2.45) is 10.8 Å². The average molecular weight is 293 g/mol. The summed E-state index contributed by atoms with van der Waals surface area (Å²) in [5.74, 6) is 0. The standard InChI is InChI=1S/C18H25ClO/c1-15(2)9-16(3)11-17(4,10-15)18(5,20)13-7-6-12(19)8-14(13)16/h6-8,20H,9-11H2,1-5H3/t16-,17+,18-/m1/s1. The summed E-state index contributed by atoms with van der Waals surface area (Å²) >= 11 is 6.23. The summed E-state index contributed by atoms with van der Waals surface area (Å²) in [6.07, 6.45) is 3.24. The van der Waals surface area contributed by atoms with Crippen LogP contribution >= 0.6 is 11.6 Å². The van der Waals surface area contributed by atoms with Crippen LogP contribution in [0.2, 0.25) is 5.02 Å². The Bertz CT molecular complexity index is 575. The van der Waals surface area contributed by atoms with Crippen LogP contribution in [0.25, 0.3) is 0 Å². The van der Waals surface area contributed by atoms with Crippen molar-refractivity contribution in [1.29, 1.82) is 0 Å². The van der Waals surface area contributed by atoms with Gasteiger partial charge in [0.1, 0.15) is 0 Å². The first-order valence-electron chi connectivity index (χ1n) is 7.52. The average Bonchev–Trinajstić information content (AvgIpc) is 2.23. The second-order valence-corrected chi connectivity index (χ2v) is 9.01. The highest BCUT2D eigenvalue weighted by Gasteiger charge is 2.60. The van der Waals surface area contributed by atoms with E-state index in [0.29, 0.717) is 0 Å². The molecule has 0 saturated heterocycles. The molecule has 1 N–H and O–H groups in total. The Morgan fingerprint density at radius 3 is 2.25 bits per heavy atom. The molecular weight excluding hydrogens is 268 g/mol. The lowest BCUT2D eigenvalue weighted by Gasteiger charge is -2.61. The maximum absolute atomic E-state index is 11.3. The highest BCUT2D eigenvalue weighted by Crippen LogP contribution is 2.65. The number of rotatable bonds is 0. The Hall–Kier alpha value is -0.530. The van der Waals surface area contributed by atoms with Crippen LogP contribution in [0.5, 0.6) is 0 Å². The Morgan fingerprint density at radius 2 is 1.60 bits per heavy atom. The Kier molecular flexibility index (Phi) is 2.74.